The van der Waals surface area contributed by atoms with E-state index in [0.717, 1.165) is 25.8 Å². The predicted molar refractivity (Wildman–Crippen MR) is 57.4 cm³/mol. The quantitative estimate of drug-likeness (QED) is 0.602. The molecule has 3 N–H and O–H groups in total. The third-order valence-corrected chi connectivity index (χ3v) is 3.23. The maximum absolute atomic E-state index is 11.4. The number of carbonyl (C=O) groups excluding carboxylic acids is 1. The van der Waals surface area contributed by atoms with E-state index in [9.17, 15) is 9.90 Å². The molecule has 4 heteroatoms. The Kier molecular flexibility index (Phi) is 3.59. The summed E-state index contributed by atoms with van der Waals surface area (Å²) in [5.74, 6) is 0.563. The lowest BCUT2D eigenvalue weighted by Gasteiger charge is -2.11. The van der Waals surface area contributed by atoms with E-state index < -0.39 is 0 Å². The summed E-state index contributed by atoms with van der Waals surface area (Å²) in [6.07, 6.45) is 5.05. The topological polar surface area (TPSA) is 61.4 Å². The molecule has 0 aliphatic heterocycles. The van der Waals surface area contributed by atoms with Crippen LogP contribution in [0.15, 0.2) is 0 Å². The number of amides is 1. The van der Waals surface area contributed by atoms with Crippen LogP contribution in [0.1, 0.15) is 32.1 Å². The highest BCUT2D eigenvalue weighted by Crippen LogP contribution is 2.24. The van der Waals surface area contributed by atoms with E-state index in [4.69, 9.17) is 0 Å². The van der Waals surface area contributed by atoms with Gasteiger partial charge in [0.2, 0.25) is 5.91 Å². The highest BCUT2D eigenvalue weighted by atomic mass is 16.3. The normalized spacial score (nSPS) is 30.5. The molecule has 1 amide bonds. The molecule has 0 spiro atoms. The highest BCUT2D eigenvalue weighted by molar-refractivity contribution is 5.78. The average Bonchev–Trinajstić information content (AvgIpc) is 2.95. The standard InChI is InChI=1S/C11H20N2O2/c14-10-4-1-8(5-10)6-13-11(15)7-12-9-2-3-9/h8-10,12,14H,1-7H2,(H,13,15). The van der Waals surface area contributed by atoms with Gasteiger partial charge in [0.05, 0.1) is 12.6 Å². The summed E-state index contributed by atoms with van der Waals surface area (Å²) in [7, 11) is 0. The first-order valence-electron chi connectivity index (χ1n) is 5.92. The van der Waals surface area contributed by atoms with Crippen LogP contribution >= 0.6 is 0 Å². The Hall–Kier alpha value is -0.610. The third kappa shape index (κ3) is 3.80. The SMILES string of the molecule is O=C(CNC1CC1)NCC1CCC(O)C1. The molecule has 0 aromatic rings. The van der Waals surface area contributed by atoms with Crippen molar-refractivity contribution >= 4 is 5.91 Å². The van der Waals surface area contributed by atoms with Gasteiger partial charge in [-0.15, -0.1) is 0 Å². The van der Waals surface area contributed by atoms with Gasteiger partial charge in [0.25, 0.3) is 0 Å². The second-order valence-electron chi connectivity index (χ2n) is 4.79. The number of hydrogen-bond acceptors (Lipinski definition) is 3. The molecule has 0 saturated heterocycles. The summed E-state index contributed by atoms with van der Waals surface area (Å²) in [6.45, 7) is 1.17. The fourth-order valence-electron chi connectivity index (χ4n) is 2.08. The smallest absolute Gasteiger partial charge is 0.233 e. The van der Waals surface area contributed by atoms with Crippen LogP contribution in [-0.2, 0) is 4.79 Å². The number of carbonyl (C=O) groups is 1. The molecule has 0 heterocycles. The zero-order valence-electron chi connectivity index (χ0n) is 9.04. The maximum atomic E-state index is 11.4. The molecule has 2 aliphatic rings. The number of hydrogen-bond donors (Lipinski definition) is 3. The van der Waals surface area contributed by atoms with Crippen LogP contribution in [0, 0.1) is 5.92 Å². The monoisotopic (exact) mass is 212 g/mol. The Balaban J connectivity index is 1.54. The van der Waals surface area contributed by atoms with Crippen molar-refractivity contribution in [3.63, 3.8) is 0 Å². The van der Waals surface area contributed by atoms with Crippen molar-refractivity contribution in [1.29, 1.82) is 0 Å². The Morgan fingerprint density at radius 1 is 1.27 bits per heavy atom. The predicted octanol–water partition coefficient (Wildman–Crippen LogP) is 0.0156. The van der Waals surface area contributed by atoms with Gasteiger partial charge in [0.15, 0.2) is 0 Å². The molecule has 2 saturated carbocycles. The van der Waals surface area contributed by atoms with Crippen LogP contribution < -0.4 is 10.6 Å². The Morgan fingerprint density at radius 3 is 2.67 bits per heavy atom. The molecule has 0 aromatic heterocycles. The minimum absolute atomic E-state index is 0.0864. The molecule has 0 radical (unpaired) electrons. The Labute approximate surface area is 90.4 Å². The van der Waals surface area contributed by atoms with Gasteiger partial charge in [-0.1, -0.05) is 0 Å². The molecule has 0 aromatic carbocycles. The van der Waals surface area contributed by atoms with Crippen LogP contribution in [0.5, 0.6) is 0 Å². The number of nitrogens with one attached hydrogen (secondary N) is 2. The van der Waals surface area contributed by atoms with Gasteiger partial charge in [-0.2, -0.15) is 0 Å². The van der Waals surface area contributed by atoms with E-state index >= 15 is 0 Å². The van der Waals surface area contributed by atoms with Gasteiger partial charge in [-0.05, 0) is 38.0 Å². The summed E-state index contributed by atoms with van der Waals surface area (Å²) in [5, 5.41) is 15.4. The number of aliphatic hydroxyl groups is 1. The number of aliphatic hydroxyl groups excluding tert-OH is 1. The molecule has 2 aliphatic carbocycles. The van der Waals surface area contributed by atoms with E-state index in [1.165, 1.54) is 12.8 Å². The second kappa shape index (κ2) is 4.94. The van der Waals surface area contributed by atoms with Crippen LogP contribution in [0.2, 0.25) is 0 Å². The summed E-state index contributed by atoms with van der Waals surface area (Å²) >= 11 is 0. The van der Waals surface area contributed by atoms with Gasteiger partial charge in [-0.25, -0.2) is 0 Å². The molecule has 2 atom stereocenters. The van der Waals surface area contributed by atoms with E-state index in [2.05, 4.69) is 10.6 Å². The summed E-state index contributed by atoms with van der Waals surface area (Å²) in [4.78, 5) is 11.4. The lowest BCUT2D eigenvalue weighted by atomic mass is 10.1. The molecular weight excluding hydrogens is 192 g/mol. The van der Waals surface area contributed by atoms with Crippen LogP contribution in [0.3, 0.4) is 0 Å². The lowest BCUT2D eigenvalue weighted by Crippen LogP contribution is -2.37. The molecule has 86 valence electrons. The number of rotatable bonds is 5. The highest BCUT2D eigenvalue weighted by Gasteiger charge is 2.24. The maximum Gasteiger partial charge on any atom is 0.233 e. The second-order valence-corrected chi connectivity index (χ2v) is 4.79. The van der Waals surface area contributed by atoms with Crippen LogP contribution in [0.25, 0.3) is 0 Å². The minimum Gasteiger partial charge on any atom is -0.393 e. The Morgan fingerprint density at radius 2 is 2.07 bits per heavy atom. The van der Waals surface area contributed by atoms with Gasteiger partial charge < -0.3 is 15.7 Å². The molecule has 4 nitrogen and oxygen atoms in total. The third-order valence-electron chi connectivity index (χ3n) is 3.23. The van der Waals surface area contributed by atoms with Crippen molar-refractivity contribution in [3.8, 4) is 0 Å². The van der Waals surface area contributed by atoms with Gasteiger partial charge in [0.1, 0.15) is 0 Å². The van der Waals surface area contributed by atoms with Crippen molar-refractivity contribution in [2.75, 3.05) is 13.1 Å². The van der Waals surface area contributed by atoms with E-state index in [-0.39, 0.29) is 12.0 Å². The fraction of sp³-hybridized carbons (Fsp3) is 0.909. The summed E-state index contributed by atoms with van der Waals surface area (Å²) < 4.78 is 0. The van der Waals surface area contributed by atoms with Crippen LogP contribution in [-0.4, -0.2) is 36.2 Å². The molecule has 2 fully saturated rings. The first-order chi connectivity index (χ1) is 7.24. The zero-order chi connectivity index (χ0) is 10.7. The van der Waals surface area contributed by atoms with Gasteiger partial charge in [-0.3, -0.25) is 4.79 Å². The molecule has 0 bridgehead atoms. The summed E-state index contributed by atoms with van der Waals surface area (Å²) in [5.41, 5.74) is 0. The summed E-state index contributed by atoms with van der Waals surface area (Å²) in [6, 6.07) is 0.587. The van der Waals surface area contributed by atoms with Crippen molar-refractivity contribution in [1.82, 2.24) is 10.6 Å². The average molecular weight is 212 g/mol. The van der Waals surface area contributed by atoms with Crippen LogP contribution in [0.4, 0.5) is 0 Å². The van der Waals surface area contributed by atoms with Crippen molar-refractivity contribution in [3.05, 3.63) is 0 Å². The van der Waals surface area contributed by atoms with E-state index in [1.54, 1.807) is 0 Å². The van der Waals surface area contributed by atoms with E-state index in [1.807, 2.05) is 0 Å². The fourth-order valence-corrected chi connectivity index (χ4v) is 2.08. The van der Waals surface area contributed by atoms with Crippen molar-refractivity contribution in [2.24, 2.45) is 5.92 Å². The largest absolute Gasteiger partial charge is 0.393 e. The Bertz CT molecular complexity index is 229. The first-order valence-corrected chi connectivity index (χ1v) is 5.92. The zero-order valence-corrected chi connectivity index (χ0v) is 9.04. The molecular formula is C11H20N2O2. The van der Waals surface area contributed by atoms with E-state index in [0.29, 0.717) is 18.5 Å². The molecule has 2 unspecified atom stereocenters. The van der Waals surface area contributed by atoms with Crippen molar-refractivity contribution < 1.29 is 9.90 Å². The van der Waals surface area contributed by atoms with Gasteiger partial charge >= 0.3 is 0 Å². The molecule has 2 rings (SSSR count). The van der Waals surface area contributed by atoms with Gasteiger partial charge in [0, 0.05) is 12.6 Å². The minimum atomic E-state index is -0.142. The first kappa shape index (κ1) is 10.9. The lowest BCUT2D eigenvalue weighted by molar-refractivity contribution is -0.120. The molecule has 15 heavy (non-hydrogen) atoms. The van der Waals surface area contributed by atoms with Crippen molar-refractivity contribution in [2.45, 2.75) is 44.2 Å².